The van der Waals surface area contributed by atoms with E-state index in [4.69, 9.17) is 0 Å². The van der Waals surface area contributed by atoms with Gasteiger partial charge in [-0.25, -0.2) is 0 Å². The average Bonchev–Trinajstić information content (AvgIpc) is 2.88. The maximum atomic E-state index is 10.6. The standard InChI is InChI=1S/C18H32N2O/c1-3-17(4-2)20-13-12-16(19-20)14-18(21)15-10-8-6-5-7-9-11-15/h12-13,15,17-18,21H,3-11,14H2,1-2H3. The van der Waals surface area contributed by atoms with Gasteiger partial charge in [-0.3, -0.25) is 4.68 Å². The highest BCUT2D eigenvalue weighted by molar-refractivity contribution is 5.02. The average molecular weight is 292 g/mol. The molecule has 3 heteroatoms. The van der Waals surface area contributed by atoms with E-state index in [-0.39, 0.29) is 6.10 Å². The molecule has 3 nitrogen and oxygen atoms in total. The van der Waals surface area contributed by atoms with Gasteiger partial charge in [0.05, 0.1) is 17.8 Å². The van der Waals surface area contributed by atoms with Gasteiger partial charge in [0, 0.05) is 12.6 Å². The quantitative estimate of drug-likeness (QED) is 0.838. The van der Waals surface area contributed by atoms with Crippen molar-refractivity contribution in [1.82, 2.24) is 9.78 Å². The third-order valence-electron chi connectivity index (χ3n) is 5.09. The van der Waals surface area contributed by atoms with Crippen LogP contribution in [0.3, 0.4) is 0 Å². The summed E-state index contributed by atoms with van der Waals surface area (Å²) in [6, 6.07) is 2.59. The van der Waals surface area contributed by atoms with Crippen molar-refractivity contribution >= 4 is 0 Å². The van der Waals surface area contributed by atoms with Gasteiger partial charge >= 0.3 is 0 Å². The van der Waals surface area contributed by atoms with E-state index in [9.17, 15) is 5.11 Å². The summed E-state index contributed by atoms with van der Waals surface area (Å²) in [6.07, 6.45) is 13.8. The van der Waals surface area contributed by atoms with Gasteiger partial charge in [0.15, 0.2) is 0 Å². The summed E-state index contributed by atoms with van der Waals surface area (Å²) in [4.78, 5) is 0. The van der Waals surface area contributed by atoms with Gasteiger partial charge < -0.3 is 5.11 Å². The fourth-order valence-electron chi connectivity index (χ4n) is 3.61. The largest absolute Gasteiger partial charge is 0.392 e. The molecule has 0 saturated heterocycles. The molecule has 1 heterocycles. The highest BCUT2D eigenvalue weighted by Crippen LogP contribution is 2.26. The van der Waals surface area contributed by atoms with Gasteiger partial charge in [-0.15, -0.1) is 0 Å². The summed E-state index contributed by atoms with van der Waals surface area (Å²) in [6.45, 7) is 4.41. The van der Waals surface area contributed by atoms with Crippen molar-refractivity contribution in [2.24, 2.45) is 5.92 Å². The van der Waals surface area contributed by atoms with Crippen molar-refractivity contribution in [3.05, 3.63) is 18.0 Å². The maximum absolute atomic E-state index is 10.6. The highest BCUT2D eigenvalue weighted by atomic mass is 16.3. The van der Waals surface area contributed by atoms with E-state index in [1.54, 1.807) is 0 Å². The van der Waals surface area contributed by atoms with Gasteiger partial charge in [-0.2, -0.15) is 5.10 Å². The molecule has 0 spiro atoms. The molecule has 1 aromatic rings. The first-order chi connectivity index (χ1) is 10.2. The van der Waals surface area contributed by atoms with Crippen LogP contribution in [0, 0.1) is 5.92 Å². The first-order valence-corrected chi connectivity index (χ1v) is 8.96. The van der Waals surface area contributed by atoms with Gasteiger partial charge in [-0.05, 0) is 37.7 Å². The van der Waals surface area contributed by atoms with Crippen LogP contribution in [0.2, 0.25) is 0 Å². The van der Waals surface area contributed by atoms with Crippen LogP contribution in [-0.4, -0.2) is 21.0 Å². The number of aliphatic hydroxyl groups excluding tert-OH is 1. The van der Waals surface area contributed by atoms with Crippen LogP contribution in [0.25, 0.3) is 0 Å². The van der Waals surface area contributed by atoms with Crippen molar-refractivity contribution in [3.8, 4) is 0 Å². The van der Waals surface area contributed by atoms with Gasteiger partial charge in [-0.1, -0.05) is 46.0 Å². The van der Waals surface area contributed by atoms with Crippen LogP contribution in [0.1, 0.15) is 83.4 Å². The lowest BCUT2D eigenvalue weighted by molar-refractivity contribution is 0.0902. The molecule has 1 aliphatic carbocycles. The first kappa shape index (κ1) is 16.5. The third kappa shape index (κ3) is 4.84. The van der Waals surface area contributed by atoms with E-state index in [2.05, 4.69) is 35.9 Å². The molecule has 0 bridgehead atoms. The molecule has 1 unspecified atom stereocenters. The minimum atomic E-state index is -0.215. The summed E-state index contributed by atoms with van der Waals surface area (Å²) >= 11 is 0. The number of hydrogen-bond donors (Lipinski definition) is 1. The number of rotatable bonds is 6. The lowest BCUT2D eigenvalue weighted by atomic mass is 9.85. The van der Waals surface area contributed by atoms with Crippen molar-refractivity contribution < 1.29 is 5.11 Å². The van der Waals surface area contributed by atoms with Crippen LogP contribution in [0.5, 0.6) is 0 Å². The van der Waals surface area contributed by atoms with Crippen LogP contribution in [-0.2, 0) is 6.42 Å². The van der Waals surface area contributed by atoms with E-state index in [0.29, 0.717) is 12.0 Å². The molecule has 21 heavy (non-hydrogen) atoms. The number of hydrogen-bond acceptors (Lipinski definition) is 2. The highest BCUT2D eigenvalue weighted by Gasteiger charge is 2.21. The lowest BCUT2D eigenvalue weighted by Gasteiger charge is -2.24. The Morgan fingerprint density at radius 2 is 1.76 bits per heavy atom. The van der Waals surface area contributed by atoms with Gasteiger partial charge in [0.25, 0.3) is 0 Å². The monoisotopic (exact) mass is 292 g/mol. The Balaban J connectivity index is 1.90. The zero-order valence-corrected chi connectivity index (χ0v) is 13.8. The number of aromatic nitrogens is 2. The molecule has 0 aromatic carbocycles. The van der Waals surface area contributed by atoms with E-state index in [1.165, 1.54) is 44.9 Å². The normalized spacial score (nSPS) is 19.4. The zero-order valence-electron chi connectivity index (χ0n) is 13.8. The first-order valence-electron chi connectivity index (χ1n) is 8.96. The molecule has 120 valence electrons. The third-order valence-corrected chi connectivity index (χ3v) is 5.09. The smallest absolute Gasteiger partial charge is 0.0650 e. The Bertz CT molecular complexity index is 390. The fraction of sp³-hybridized carbons (Fsp3) is 0.833. The van der Waals surface area contributed by atoms with E-state index >= 15 is 0 Å². The summed E-state index contributed by atoms with van der Waals surface area (Å²) < 4.78 is 2.08. The Morgan fingerprint density at radius 1 is 1.14 bits per heavy atom. The van der Waals surface area contributed by atoms with Crippen molar-refractivity contribution in [2.45, 2.75) is 90.2 Å². The molecule has 1 atom stereocenters. The summed E-state index contributed by atoms with van der Waals surface area (Å²) in [5.41, 5.74) is 1.05. The Hall–Kier alpha value is -0.830. The molecular weight excluding hydrogens is 260 g/mol. The lowest BCUT2D eigenvalue weighted by Crippen LogP contribution is -2.24. The Labute approximate surface area is 129 Å². The summed E-state index contributed by atoms with van der Waals surface area (Å²) in [5, 5.41) is 15.2. The SMILES string of the molecule is CCC(CC)n1ccc(CC(O)C2CCCCCCC2)n1. The molecule has 1 fully saturated rings. The van der Waals surface area contributed by atoms with Crippen LogP contribution in [0.4, 0.5) is 0 Å². The summed E-state index contributed by atoms with van der Waals surface area (Å²) in [5.74, 6) is 0.476. The predicted molar refractivity (Wildman–Crippen MR) is 87.4 cm³/mol. The minimum absolute atomic E-state index is 0.215. The fourth-order valence-corrected chi connectivity index (χ4v) is 3.61. The van der Waals surface area contributed by atoms with Crippen LogP contribution in [0.15, 0.2) is 12.3 Å². The molecule has 0 radical (unpaired) electrons. The van der Waals surface area contributed by atoms with Gasteiger partial charge in [0.2, 0.25) is 0 Å². The van der Waals surface area contributed by atoms with Crippen molar-refractivity contribution in [1.29, 1.82) is 0 Å². The molecule has 1 aliphatic rings. The Morgan fingerprint density at radius 3 is 2.38 bits per heavy atom. The zero-order chi connectivity index (χ0) is 15.1. The predicted octanol–water partition coefficient (Wildman–Crippen LogP) is 4.51. The summed E-state index contributed by atoms with van der Waals surface area (Å²) in [7, 11) is 0. The van der Waals surface area contributed by atoms with Crippen molar-refractivity contribution in [2.75, 3.05) is 0 Å². The molecule has 1 saturated carbocycles. The number of nitrogens with zero attached hydrogens (tertiary/aromatic N) is 2. The topological polar surface area (TPSA) is 38.0 Å². The minimum Gasteiger partial charge on any atom is -0.392 e. The van der Waals surface area contributed by atoms with E-state index in [1.807, 2.05) is 0 Å². The molecule has 0 aliphatic heterocycles. The maximum Gasteiger partial charge on any atom is 0.0650 e. The van der Waals surface area contributed by atoms with Gasteiger partial charge in [0.1, 0.15) is 0 Å². The Kier molecular flexibility index (Phi) is 6.75. The van der Waals surface area contributed by atoms with E-state index in [0.717, 1.165) is 25.0 Å². The van der Waals surface area contributed by atoms with Crippen molar-refractivity contribution in [3.63, 3.8) is 0 Å². The molecule has 1 N–H and O–H groups in total. The van der Waals surface area contributed by atoms with E-state index < -0.39 is 0 Å². The second kappa shape index (κ2) is 8.57. The second-order valence-electron chi connectivity index (χ2n) is 6.63. The molecular formula is C18H32N2O. The molecule has 0 amide bonds. The second-order valence-corrected chi connectivity index (χ2v) is 6.63. The number of aliphatic hydroxyl groups is 1. The van der Waals surface area contributed by atoms with Crippen LogP contribution >= 0.6 is 0 Å². The molecule has 2 rings (SSSR count). The molecule has 1 aromatic heterocycles. The van der Waals surface area contributed by atoms with Crippen LogP contribution < -0.4 is 0 Å².